The van der Waals surface area contributed by atoms with Gasteiger partial charge in [0.2, 0.25) is 0 Å². The minimum atomic E-state index is -0.707. The lowest BCUT2D eigenvalue weighted by Crippen LogP contribution is -2.29. The number of esters is 1. The fourth-order valence-corrected chi connectivity index (χ4v) is 5.01. The lowest BCUT2D eigenvalue weighted by atomic mass is 9.89. The first-order chi connectivity index (χ1) is 13.5. The molecule has 6 heteroatoms. The van der Waals surface area contributed by atoms with E-state index in [9.17, 15) is 9.59 Å². The topological polar surface area (TPSA) is 61.2 Å². The van der Waals surface area contributed by atoms with E-state index in [-0.39, 0.29) is 12.2 Å². The molecule has 0 amide bonds. The van der Waals surface area contributed by atoms with Crippen LogP contribution in [0.5, 0.6) is 0 Å². The molecule has 5 nitrogen and oxygen atoms in total. The molecule has 1 atom stereocenters. The number of aromatic nitrogens is 2. The van der Waals surface area contributed by atoms with Gasteiger partial charge in [0, 0.05) is 10.4 Å². The standard InChI is InChI=1S/C22H24N2O3S/c1-4-27-22(26)13(2)24-12-23-20-19(21(24)25)18(14(3)28-20)17-10-9-15-7-5-6-8-16(15)11-17/h9-13H,4-8H2,1-3H3. The van der Waals surface area contributed by atoms with Crippen molar-refractivity contribution in [3.8, 4) is 11.1 Å². The third-order valence-electron chi connectivity index (χ3n) is 5.50. The van der Waals surface area contributed by atoms with E-state index in [1.54, 1.807) is 13.8 Å². The number of ether oxygens (including phenoxy) is 1. The minimum Gasteiger partial charge on any atom is -0.464 e. The molecular formula is C22H24N2O3S. The van der Waals surface area contributed by atoms with Gasteiger partial charge in [-0.15, -0.1) is 11.3 Å². The highest BCUT2D eigenvalue weighted by Crippen LogP contribution is 2.37. The first-order valence-corrected chi connectivity index (χ1v) is 10.6. The maximum atomic E-state index is 13.3. The van der Waals surface area contributed by atoms with Crippen molar-refractivity contribution >= 4 is 27.5 Å². The van der Waals surface area contributed by atoms with E-state index in [1.807, 2.05) is 6.92 Å². The van der Waals surface area contributed by atoms with Crippen LogP contribution in [-0.4, -0.2) is 22.1 Å². The molecule has 4 rings (SSSR count). The van der Waals surface area contributed by atoms with Gasteiger partial charge in [0.25, 0.3) is 5.56 Å². The Morgan fingerprint density at radius 3 is 2.79 bits per heavy atom. The van der Waals surface area contributed by atoms with Crippen LogP contribution in [0.2, 0.25) is 0 Å². The van der Waals surface area contributed by atoms with Crippen LogP contribution >= 0.6 is 11.3 Å². The first-order valence-electron chi connectivity index (χ1n) is 9.80. The zero-order valence-electron chi connectivity index (χ0n) is 16.4. The Hall–Kier alpha value is -2.47. The maximum absolute atomic E-state index is 13.3. The van der Waals surface area contributed by atoms with Gasteiger partial charge in [-0.2, -0.15) is 0 Å². The van der Waals surface area contributed by atoms with E-state index < -0.39 is 12.0 Å². The molecule has 1 aliphatic carbocycles. The van der Waals surface area contributed by atoms with Crippen molar-refractivity contribution in [3.63, 3.8) is 0 Å². The number of benzene rings is 1. The Morgan fingerprint density at radius 2 is 2.04 bits per heavy atom. The number of thiophene rings is 1. The highest BCUT2D eigenvalue weighted by Gasteiger charge is 2.23. The second kappa shape index (κ2) is 7.51. The number of aryl methyl sites for hydroxylation is 3. The van der Waals surface area contributed by atoms with Crippen LogP contribution < -0.4 is 5.56 Å². The van der Waals surface area contributed by atoms with Crippen molar-refractivity contribution < 1.29 is 9.53 Å². The summed E-state index contributed by atoms with van der Waals surface area (Å²) in [6.07, 6.45) is 6.13. The molecule has 2 heterocycles. The molecule has 3 aromatic rings. The molecule has 2 aromatic heterocycles. The van der Waals surface area contributed by atoms with Crippen LogP contribution in [0, 0.1) is 6.92 Å². The van der Waals surface area contributed by atoms with Crippen LogP contribution in [0.4, 0.5) is 0 Å². The predicted molar refractivity (Wildman–Crippen MR) is 112 cm³/mol. The number of hydrogen-bond donors (Lipinski definition) is 0. The fraction of sp³-hybridized carbons (Fsp3) is 0.409. The number of nitrogens with zero attached hydrogens (tertiary/aromatic N) is 2. The molecule has 0 fully saturated rings. The molecule has 0 spiro atoms. The SMILES string of the molecule is CCOC(=O)C(C)n1cnc2sc(C)c(-c3ccc4c(c3)CCCC4)c2c1=O. The van der Waals surface area contributed by atoms with Crippen molar-refractivity contribution in [1.82, 2.24) is 9.55 Å². The molecule has 0 saturated heterocycles. The van der Waals surface area contributed by atoms with Crippen LogP contribution in [-0.2, 0) is 22.4 Å². The van der Waals surface area contributed by atoms with Crippen molar-refractivity contribution in [2.75, 3.05) is 6.61 Å². The first kappa shape index (κ1) is 18.9. The van der Waals surface area contributed by atoms with Crippen molar-refractivity contribution in [3.05, 3.63) is 50.9 Å². The Kier molecular flexibility index (Phi) is 5.06. The van der Waals surface area contributed by atoms with Gasteiger partial charge >= 0.3 is 5.97 Å². The summed E-state index contributed by atoms with van der Waals surface area (Å²) in [6.45, 7) is 5.74. The van der Waals surface area contributed by atoms with E-state index in [0.717, 1.165) is 28.8 Å². The van der Waals surface area contributed by atoms with Crippen LogP contribution in [0.25, 0.3) is 21.3 Å². The molecule has 146 valence electrons. The Balaban J connectivity index is 1.88. The largest absolute Gasteiger partial charge is 0.464 e. The summed E-state index contributed by atoms with van der Waals surface area (Å²) >= 11 is 1.52. The smallest absolute Gasteiger partial charge is 0.328 e. The number of rotatable bonds is 4. The number of fused-ring (bicyclic) bond motifs is 2. The third kappa shape index (κ3) is 3.15. The van der Waals surface area contributed by atoms with E-state index in [1.165, 1.54) is 46.2 Å². The number of hydrogen-bond acceptors (Lipinski definition) is 5. The highest BCUT2D eigenvalue weighted by atomic mass is 32.1. The van der Waals surface area contributed by atoms with Gasteiger partial charge in [0.1, 0.15) is 10.9 Å². The second-order valence-electron chi connectivity index (χ2n) is 7.29. The van der Waals surface area contributed by atoms with Crippen LogP contribution in [0.3, 0.4) is 0 Å². The van der Waals surface area contributed by atoms with Gasteiger partial charge in [-0.3, -0.25) is 9.36 Å². The molecule has 1 unspecified atom stereocenters. The van der Waals surface area contributed by atoms with E-state index in [0.29, 0.717) is 10.2 Å². The molecular weight excluding hydrogens is 372 g/mol. The Labute approximate surface area is 168 Å². The fourth-order valence-electron chi connectivity index (χ4n) is 4.00. The summed E-state index contributed by atoms with van der Waals surface area (Å²) in [7, 11) is 0. The zero-order valence-corrected chi connectivity index (χ0v) is 17.3. The molecule has 0 aliphatic heterocycles. The van der Waals surface area contributed by atoms with Crippen molar-refractivity contribution in [2.24, 2.45) is 0 Å². The third-order valence-corrected chi connectivity index (χ3v) is 6.51. The quantitative estimate of drug-likeness (QED) is 0.612. The zero-order chi connectivity index (χ0) is 19.8. The summed E-state index contributed by atoms with van der Waals surface area (Å²) in [5.74, 6) is -0.423. The van der Waals surface area contributed by atoms with Crippen LogP contribution in [0.15, 0.2) is 29.3 Å². The molecule has 0 saturated carbocycles. The Morgan fingerprint density at radius 1 is 1.29 bits per heavy atom. The van der Waals surface area contributed by atoms with E-state index >= 15 is 0 Å². The summed E-state index contributed by atoms with van der Waals surface area (Å²) in [6, 6.07) is 5.84. The van der Waals surface area contributed by atoms with E-state index in [2.05, 4.69) is 23.2 Å². The van der Waals surface area contributed by atoms with Crippen molar-refractivity contribution in [1.29, 1.82) is 0 Å². The lowest BCUT2D eigenvalue weighted by Gasteiger charge is -2.17. The molecule has 28 heavy (non-hydrogen) atoms. The summed E-state index contributed by atoms with van der Waals surface area (Å²) in [4.78, 5) is 31.7. The van der Waals surface area contributed by atoms with Gasteiger partial charge in [0.15, 0.2) is 0 Å². The predicted octanol–water partition coefficient (Wildman–Crippen LogP) is 4.44. The Bertz CT molecular complexity index is 1110. The van der Waals surface area contributed by atoms with Crippen molar-refractivity contribution in [2.45, 2.75) is 52.5 Å². The summed E-state index contributed by atoms with van der Waals surface area (Å²) < 4.78 is 6.47. The average Bonchev–Trinajstić information content (AvgIpc) is 3.04. The van der Waals surface area contributed by atoms with Gasteiger partial charge < -0.3 is 4.74 Å². The van der Waals surface area contributed by atoms with Crippen LogP contribution in [0.1, 0.15) is 48.7 Å². The summed E-state index contributed by atoms with van der Waals surface area (Å²) in [5.41, 5.74) is 4.61. The monoisotopic (exact) mass is 396 g/mol. The van der Waals surface area contributed by atoms with Gasteiger partial charge in [-0.25, -0.2) is 9.78 Å². The molecule has 1 aliphatic rings. The molecule has 0 radical (unpaired) electrons. The summed E-state index contributed by atoms with van der Waals surface area (Å²) in [5, 5.41) is 0.594. The number of carbonyl (C=O) groups excluding carboxylic acids is 1. The lowest BCUT2D eigenvalue weighted by molar-refractivity contribution is -0.146. The molecule has 0 bridgehead atoms. The highest BCUT2D eigenvalue weighted by molar-refractivity contribution is 7.19. The molecule has 0 N–H and O–H groups in total. The molecule has 1 aromatic carbocycles. The minimum absolute atomic E-state index is 0.192. The normalized spacial score (nSPS) is 14.7. The van der Waals surface area contributed by atoms with Gasteiger partial charge in [-0.05, 0) is 63.1 Å². The average molecular weight is 397 g/mol. The van der Waals surface area contributed by atoms with Gasteiger partial charge in [0.05, 0.1) is 18.3 Å². The maximum Gasteiger partial charge on any atom is 0.328 e. The number of carbonyl (C=O) groups is 1. The second-order valence-corrected chi connectivity index (χ2v) is 8.49. The van der Waals surface area contributed by atoms with E-state index in [4.69, 9.17) is 4.74 Å². The van der Waals surface area contributed by atoms with Gasteiger partial charge in [-0.1, -0.05) is 18.2 Å².